The van der Waals surface area contributed by atoms with Crippen molar-refractivity contribution in [2.24, 2.45) is 0 Å². The molecule has 0 saturated carbocycles. The van der Waals surface area contributed by atoms with Gasteiger partial charge in [0.25, 0.3) is 0 Å². The Balaban J connectivity index is 1.63. The molecule has 4 heterocycles. The summed E-state index contributed by atoms with van der Waals surface area (Å²) in [5.41, 5.74) is 4.39. The van der Waals surface area contributed by atoms with Crippen molar-refractivity contribution in [3.05, 3.63) is 54.0 Å². The lowest BCUT2D eigenvalue weighted by Crippen LogP contribution is -2.39. The predicted molar refractivity (Wildman–Crippen MR) is 85.0 cm³/mol. The number of fused-ring (bicyclic) bond motifs is 2. The zero-order chi connectivity index (χ0) is 15.1. The summed E-state index contributed by atoms with van der Waals surface area (Å²) in [6, 6.07) is 8.31. The molecule has 0 fully saturated rings. The van der Waals surface area contributed by atoms with E-state index in [2.05, 4.69) is 52.2 Å². The van der Waals surface area contributed by atoms with Crippen LogP contribution in [0.2, 0.25) is 0 Å². The normalized spacial score (nSPS) is 18.6. The van der Waals surface area contributed by atoms with Crippen LogP contribution in [-0.2, 0) is 4.79 Å². The van der Waals surface area contributed by atoms with Crippen LogP contribution in [0.15, 0.2) is 48.3 Å². The molecule has 2 aromatic rings. The standard InChI is InChI=1S/C16H15BN3O2/c21-16(22)8-6-11-3-4-12-10-13-5-7-15(14-2-1-9-18-14)20(13)17-19(11)12/h1-5,7,9-11,18H,6,8H2,(H,21,22). The number of carboxylic acid groups (broad SMARTS) is 1. The van der Waals surface area contributed by atoms with E-state index in [4.69, 9.17) is 5.11 Å². The van der Waals surface area contributed by atoms with E-state index >= 15 is 0 Å². The van der Waals surface area contributed by atoms with Gasteiger partial charge in [0.1, 0.15) is 0 Å². The van der Waals surface area contributed by atoms with E-state index in [0.717, 1.165) is 22.8 Å². The molecule has 5 nitrogen and oxygen atoms in total. The third-order valence-electron chi connectivity index (χ3n) is 4.16. The minimum atomic E-state index is -0.753. The van der Waals surface area contributed by atoms with Crippen molar-refractivity contribution in [1.82, 2.24) is 14.3 Å². The van der Waals surface area contributed by atoms with Crippen molar-refractivity contribution in [2.75, 3.05) is 0 Å². The molecule has 2 aliphatic heterocycles. The van der Waals surface area contributed by atoms with Gasteiger partial charge in [-0.15, -0.1) is 0 Å². The molecule has 0 amide bonds. The number of H-pyrrole nitrogens is 1. The number of hydrogen-bond acceptors (Lipinski definition) is 2. The van der Waals surface area contributed by atoms with Gasteiger partial charge >= 0.3 is 13.5 Å². The monoisotopic (exact) mass is 292 g/mol. The first-order chi connectivity index (χ1) is 10.7. The van der Waals surface area contributed by atoms with E-state index in [1.807, 2.05) is 18.3 Å². The number of carboxylic acids is 1. The quantitative estimate of drug-likeness (QED) is 0.850. The smallest absolute Gasteiger partial charge is 0.396 e. The summed E-state index contributed by atoms with van der Waals surface area (Å²) in [7, 11) is 2.06. The van der Waals surface area contributed by atoms with Gasteiger partial charge in [0, 0.05) is 30.1 Å². The fourth-order valence-corrected chi connectivity index (χ4v) is 3.06. The van der Waals surface area contributed by atoms with Crippen LogP contribution < -0.4 is 0 Å². The number of aliphatic carboxylic acids is 1. The zero-order valence-corrected chi connectivity index (χ0v) is 11.9. The Morgan fingerprint density at radius 3 is 3.05 bits per heavy atom. The SMILES string of the molecule is O=C(O)CCC1C=CC2=Cc3ccc(-c4ccc[nH]4)n3[B]N21. The van der Waals surface area contributed by atoms with Gasteiger partial charge < -0.3 is 19.4 Å². The second kappa shape index (κ2) is 4.98. The highest BCUT2D eigenvalue weighted by Gasteiger charge is 2.29. The molecule has 1 unspecified atom stereocenters. The number of nitrogens with one attached hydrogen (secondary N) is 1. The average molecular weight is 292 g/mol. The second-order valence-electron chi connectivity index (χ2n) is 5.55. The zero-order valence-electron chi connectivity index (χ0n) is 11.9. The van der Waals surface area contributed by atoms with Gasteiger partial charge in [-0.1, -0.05) is 6.08 Å². The summed E-state index contributed by atoms with van der Waals surface area (Å²) in [5, 5.41) is 8.89. The van der Waals surface area contributed by atoms with Crippen LogP contribution in [0.25, 0.3) is 17.5 Å². The summed E-state index contributed by atoms with van der Waals surface area (Å²) in [6.07, 6.45) is 8.96. The summed E-state index contributed by atoms with van der Waals surface area (Å²) < 4.78 is 2.14. The topological polar surface area (TPSA) is 61.3 Å². The van der Waals surface area contributed by atoms with Crippen LogP contribution in [-0.4, -0.2) is 38.9 Å². The Hall–Kier alpha value is -2.63. The van der Waals surface area contributed by atoms with Crippen molar-refractivity contribution < 1.29 is 9.90 Å². The summed E-state index contributed by atoms with van der Waals surface area (Å²) in [6.45, 7) is 0. The lowest BCUT2D eigenvalue weighted by molar-refractivity contribution is -0.137. The predicted octanol–water partition coefficient (Wildman–Crippen LogP) is 2.33. The minimum Gasteiger partial charge on any atom is -0.481 e. The van der Waals surface area contributed by atoms with Gasteiger partial charge in [-0.2, -0.15) is 0 Å². The van der Waals surface area contributed by atoms with Crippen molar-refractivity contribution >= 4 is 19.6 Å². The number of nitrogens with zero attached hydrogens (tertiary/aromatic N) is 2. The summed E-state index contributed by atoms with van der Waals surface area (Å²) in [4.78, 5) is 16.2. The van der Waals surface area contributed by atoms with E-state index in [1.54, 1.807) is 0 Å². The third kappa shape index (κ3) is 2.08. The maximum absolute atomic E-state index is 10.8. The van der Waals surface area contributed by atoms with Crippen molar-refractivity contribution in [3.63, 3.8) is 0 Å². The van der Waals surface area contributed by atoms with Gasteiger partial charge in [0.05, 0.1) is 11.4 Å². The van der Waals surface area contributed by atoms with E-state index < -0.39 is 5.97 Å². The van der Waals surface area contributed by atoms with Crippen LogP contribution in [0.4, 0.5) is 0 Å². The molecule has 0 aromatic carbocycles. The fourth-order valence-electron chi connectivity index (χ4n) is 3.06. The highest BCUT2D eigenvalue weighted by molar-refractivity contribution is 6.34. The Bertz CT molecular complexity index is 773. The number of aromatic nitrogens is 2. The van der Waals surface area contributed by atoms with Crippen molar-refractivity contribution in [3.8, 4) is 11.4 Å². The molecule has 1 atom stereocenters. The number of carbonyl (C=O) groups is 1. The van der Waals surface area contributed by atoms with E-state index in [0.29, 0.717) is 6.42 Å². The van der Waals surface area contributed by atoms with Gasteiger partial charge in [-0.25, -0.2) is 0 Å². The fraction of sp³-hybridized carbons (Fsp3) is 0.188. The molecule has 109 valence electrons. The number of allylic oxidation sites excluding steroid dienone is 1. The Labute approximate surface area is 128 Å². The molecule has 0 spiro atoms. The maximum Gasteiger partial charge on any atom is 0.396 e. The Morgan fingerprint density at radius 2 is 2.27 bits per heavy atom. The summed E-state index contributed by atoms with van der Waals surface area (Å²) >= 11 is 0. The molecule has 2 aliphatic rings. The molecule has 6 heteroatoms. The van der Waals surface area contributed by atoms with Crippen LogP contribution in [0.5, 0.6) is 0 Å². The van der Waals surface area contributed by atoms with Gasteiger partial charge in [0.15, 0.2) is 0 Å². The van der Waals surface area contributed by atoms with E-state index in [9.17, 15) is 4.79 Å². The van der Waals surface area contributed by atoms with Gasteiger partial charge in [0.2, 0.25) is 0 Å². The lowest BCUT2D eigenvalue weighted by Gasteiger charge is -2.31. The molecule has 22 heavy (non-hydrogen) atoms. The van der Waals surface area contributed by atoms with E-state index in [1.165, 1.54) is 0 Å². The first-order valence-corrected chi connectivity index (χ1v) is 7.32. The van der Waals surface area contributed by atoms with Crippen molar-refractivity contribution in [2.45, 2.75) is 18.9 Å². The average Bonchev–Trinajstić information content (AvgIpc) is 3.22. The molecule has 1 radical (unpaired) electrons. The first-order valence-electron chi connectivity index (χ1n) is 7.32. The number of aromatic amines is 1. The highest BCUT2D eigenvalue weighted by Crippen LogP contribution is 2.31. The van der Waals surface area contributed by atoms with E-state index in [-0.39, 0.29) is 12.5 Å². The molecule has 4 rings (SSSR count). The molecular weight excluding hydrogens is 277 g/mol. The van der Waals surface area contributed by atoms with Crippen LogP contribution in [0.1, 0.15) is 18.5 Å². The van der Waals surface area contributed by atoms with Crippen LogP contribution >= 0.6 is 0 Å². The van der Waals surface area contributed by atoms with Crippen LogP contribution in [0, 0.1) is 0 Å². The first kappa shape index (κ1) is 13.1. The number of hydrogen-bond donors (Lipinski definition) is 2. The molecule has 2 N–H and O–H groups in total. The van der Waals surface area contributed by atoms with Crippen LogP contribution in [0.3, 0.4) is 0 Å². The highest BCUT2D eigenvalue weighted by atomic mass is 16.4. The lowest BCUT2D eigenvalue weighted by atomic mass is 9.97. The summed E-state index contributed by atoms with van der Waals surface area (Å²) in [5.74, 6) is -0.753. The molecule has 0 saturated heterocycles. The molecular formula is C16H15BN3O2. The molecule has 0 aliphatic carbocycles. The largest absolute Gasteiger partial charge is 0.481 e. The van der Waals surface area contributed by atoms with Crippen molar-refractivity contribution in [1.29, 1.82) is 0 Å². The van der Waals surface area contributed by atoms with Gasteiger partial charge in [-0.05, 0) is 42.8 Å². The maximum atomic E-state index is 10.8. The second-order valence-corrected chi connectivity index (χ2v) is 5.55. The molecule has 2 aromatic heterocycles. The number of rotatable bonds is 4. The Morgan fingerprint density at radius 1 is 1.36 bits per heavy atom. The molecule has 0 bridgehead atoms. The minimum absolute atomic E-state index is 0.106. The Kier molecular flexibility index (Phi) is 2.96. The third-order valence-corrected chi connectivity index (χ3v) is 4.16. The van der Waals surface area contributed by atoms with Gasteiger partial charge in [-0.3, -0.25) is 4.79 Å².